The first kappa shape index (κ1) is 22.2. The molecule has 164 valence electrons. The van der Waals surface area contributed by atoms with Crippen LogP contribution in [0.25, 0.3) is 11.5 Å². The van der Waals surface area contributed by atoms with E-state index >= 15 is 0 Å². The fraction of sp³-hybridized carbons (Fsp3) is 0.682. The summed E-state index contributed by atoms with van der Waals surface area (Å²) in [7, 11) is 0. The van der Waals surface area contributed by atoms with E-state index in [9.17, 15) is 9.59 Å². The molecule has 0 bridgehead atoms. The van der Waals surface area contributed by atoms with Gasteiger partial charge < -0.3 is 9.26 Å². The van der Waals surface area contributed by atoms with E-state index in [1.807, 2.05) is 20.8 Å². The average molecular weight is 417 g/mol. The Morgan fingerprint density at radius 1 is 1.27 bits per heavy atom. The van der Waals surface area contributed by atoms with E-state index in [2.05, 4.69) is 20.3 Å². The van der Waals surface area contributed by atoms with Crippen molar-refractivity contribution in [2.75, 3.05) is 0 Å². The number of carbonyl (C=O) groups is 1. The molecule has 1 atom stereocenters. The molecule has 1 saturated carbocycles. The van der Waals surface area contributed by atoms with Crippen LogP contribution in [0.4, 0.5) is 0 Å². The SMILES string of the molecule is CC(C)(C)OC(=O)C[C@@H](CCCC1CCCCC1)c1nc(-c2ccc(=O)[nH]n2)no1. The molecule has 0 aliphatic heterocycles. The predicted octanol–water partition coefficient (Wildman–Crippen LogP) is 4.39. The van der Waals surface area contributed by atoms with Gasteiger partial charge in [-0.1, -0.05) is 50.1 Å². The number of ether oxygens (including phenoxy) is 1. The normalized spacial score (nSPS) is 16.4. The van der Waals surface area contributed by atoms with E-state index < -0.39 is 5.60 Å². The first-order valence-electron chi connectivity index (χ1n) is 10.9. The third kappa shape index (κ3) is 6.78. The summed E-state index contributed by atoms with van der Waals surface area (Å²) in [4.78, 5) is 28.1. The van der Waals surface area contributed by atoms with Crippen molar-refractivity contribution in [1.82, 2.24) is 20.3 Å². The van der Waals surface area contributed by atoms with E-state index in [1.165, 1.54) is 38.2 Å². The van der Waals surface area contributed by atoms with Crippen molar-refractivity contribution < 1.29 is 14.1 Å². The molecule has 1 N–H and O–H groups in total. The quantitative estimate of drug-likeness (QED) is 0.635. The van der Waals surface area contributed by atoms with Gasteiger partial charge in [0.05, 0.1) is 6.42 Å². The van der Waals surface area contributed by atoms with E-state index in [-0.39, 0.29) is 23.9 Å². The van der Waals surface area contributed by atoms with Crippen LogP contribution in [0.1, 0.15) is 90.4 Å². The summed E-state index contributed by atoms with van der Waals surface area (Å²) >= 11 is 0. The number of nitrogens with zero attached hydrogens (tertiary/aromatic N) is 3. The molecule has 2 heterocycles. The molecule has 1 fully saturated rings. The van der Waals surface area contributed by atoms with Gasteiger partial charge in [0.25, 0.3) is 5.56 Å². The molecule has 30 heavy (non-hydrogen) atoms. The minimum Gasteiger partial charge on any atom is -0.460 e. The Morgan fingerprint density at radius 2 is 2.03 bits per heavy atom. The Balaban J connectivity index is 1.68. The van der Waals surface area contributed by atoms with E-state index in [4.69, 9.17) is 9.26 Å². The Hall–Kier alpha value is -2.51. The van der Waals surface area contributed by atoms with Gasteiger partial charge in [0.1, 0.15) is 11.3 Å². The zero-order valence-corrected chi connectivity index (χ0v) is 18.1. The standard InChI is InChI=1S/C22H32N4O4/c1-22(2,3)29-19(28)14-16(11-7-10-15-8-5-4-6-9-15)21-23-20(26-30-21)17-12-13-18(27)25-24-17/h12-13,15-16H,4-11,14H2,1-3H3,(H,25,27)/t16-/m1/s1. The Labute approximate surface area is 176 Å². The van der Waals surface area contributed by atoms with Crippen LogP contribution in [0.5, 0.6) is 0 Å². The number of H-pyrrole nitrogens is 1. The molecule has 0 amide bonds. The Kier molecular flexibility index (Phi) is 7.39. The topological polar surface area (TPSA) is 111 Å². The van der Waals surface area contributed by atoms with Crippen molar-refractivity contribution >= 4 is 5.97 Å². The molecule has 3 rings (SSSR count). The van der Waals surface area contributed by atoms with Crippen LogP contribution < -0.4 is 5.56 Å². The van der Waals surface area contributed by atoms with E-state index in [0.29, 0.717) is 17.4 Å². The second-order valence-electron chi connectivity index (χ2n) is 9.19. The molecule has 2 aromatic heterocycles. The lowest BCUT2D eigenvalue weighted by atomic mass is 9.84. The Bertz CT molecular complexity index is 857. The second-order valence-corrected chi connectivity index (χ2v) is 9.19. The molecule has 1 aliphatic rings. The summed E-state index contributed by atoms with van der Waals surface area (Å²) in [5, 5.41) is 10.3. The lowest BCUT2D eigenvalue weighted by molar-refractivity contribution is -0.155. The van der Waals surface area contributed by atoms with Gasteiger partial charge in [-0.3, -0.25) is 9.59 Å². The lowest BCUT2D eigenvalue weighted by Crippen LogP contribution is -2.25. The van der Waals surface area contributed by atoms with Gasteiger partial charge in [-0.15, -0.1) is 0 Å². The summed E-state index contributed by atoms with van der Waals surface area (Å²) in [5.74, 6) is 1.01. The third-order valence-corrected chi connectivity index (χ3v) is 5.42. The number of carbonyl (C=O) groups excluding carboxylic acids is 1. The number of hydrogen-bond donors (Lipinski definition) is 1. The smallest absolute Gasteiger partial charge is 0.307 e. The van der Waals surface area contributed by atoms with Crippen LogP contribution in [0.15, 0.2) is 21.5 Å². The fourth-order valence-electron chi connectivity index (χ4n) is 4.00. The largest absolute Gasteiger partial charge is 0.460 e. The Morgan fingerprint density at radius 3 is 2.70 bits per heavy atom. The van der Waals surface area contributed by atoms with Crippen LogP contribution in [-0.4, -0.2) is 31.9 Å². The minimum absolute atomic E-state index is 0.197. The minimum atomic E-state index is -0.538. The highest BCUT2D eigenvalue weighted by molar-refractivity contribution is 5.70. The molecular weight excluding hydrogens is 384 g/mol. The maximum absolute atomic E-state index is 12.5. The number of aromatic nitrogens is 4. The van der Waals surface area contributed by atoms with E-state index in [0.717, 1.165) is 25.2 Å². The van der Waals surface area contributed by atoms with Crippen molar-refractivity contribution in [3.05, 3.63) is 28.4 Å². The number of hydrogen-bond acceptors (Lipinski definition) is 7. The van der Waals surface area contributed by atoms with Crippen LogP contribution in [-0.2, 0) is 9.53 Å². The summed E-state index contributed by atoms with van der Waals surface area (Å²) in [6, 6.07) is 2.90. The zero-order valence-electron chi connectivity index (χ0n) is 18.1. The lowest BCUT2D eigenvalue weighted by Gasteiger charge is -2.23. The molecule has 8 heteroatoms. The number of rotatable bonds is 8. The first-order valence-corrected chi connectivity index (χ1v) is 10.9. The molecule has 0 unspecified atom stereocenters. The summed E-state index contributed by atoms with van der Waals surface area (Å²) < 4.78 is 11.0. The van der Waals surface area contributed by atoms with Gasteiger partial charge in [-0.2, -0.15) is 10.1 Å². The van der Waals surface area contributed by atoms with Crippen LogP contribution in [0, 0.1) is 5.92 Å². The van der Waals surface area contributed by atoms with Gasteiger partial charge in [0, 0.05) is 12.0 Å². The highest BCUT2D eigenvalue weighted by atomic mass is 16.6. The molecule has 0 saturated heterocycles. The van der Waals surface area contributed by atoms with Crippen molar-refractivity contribution in [1.29, 1.82) is 0 Å². The molecule has 0 aromatic carbocycles. The third-order valence-electron chi connectivity index (χ3n) is 5.42. The number of esters is 1. The fourth-order valence-corrected chi connectivity index (χ4v) is 4.00. The zero-order chi connectivity index (χ0) is 21.6. The van der Waals surface area contributed by atoms with Crippen molar-refractivity contribution in [3.63, 3.8) is 0 Å². The molecule has 1 aliphatic carbocycles. The number of aromatic amines is 1. The average Bonchev–Trinajstić information content (AvgIpc) is 3.17. The van der Waals surface area contributed by atoms with Crippen LogP contribution in [0.3, 0.4) is 0 Å². The monoisotopic (exact) mass is 416 g/mol. The molecule has 0 radical (unpaired) electrons. The first-order chi connectivity index (χ1) is 14.3. The summed E-state index contributed by atoms with van der Waals surface area (Å²) in [6.07, 6.45) is 9.76. The van der Waals surface area contributed by atoms with Crippen molar-refractivity contribution in [2.24, 2.45) is 5.92 Å². The van der Waals surface area contributed by atoms with Crippen molar-refractivity contribution in [3.8, 4) is 11.5 Å². The predicted molar refractivity (Wildman–Crippen MR) is 112 cm³/mol. The molecule has 2 aromatic rings. The maximum Gasteiger partial charge on any atom is 0.307 e. The van der Waals surface area contributed by atoms with Gasteiger partial charge in [-0.05, 0) is 39.2 Å². The maximum atomic E-state index is 12.5. The highest BCUT2D eigenvalue weighted by Gasteiger charge is 2.26. The summed E-state index contributed by atoms with van der Waals surface area (Å²) in [5.41, 5.74) is -0.417. The van der Waals surface area contributed by atoms with Gasteiger partial charge >= 0.3 is 5.97 Å². The molecular formula is C22H32N4O4. The van der Waals surface area contributed by atoms with Gasteiger partial charge in [0.15, 0.2) is 0 Å². The van der Waals surface area contributed by atoms with Crippen LogP contribution in [0.2, 0.25) is 0 Å². The van der Waals surface area contributed by atoms with E-state index in [1.54, 1.807) is 6.07 Å². The second kappa shape index (κ2) is 10.00. The van der Waals surface area contributed by atoms with Crippen molar-refractivity contribution in [2.45, 2.75) is 90.1 Å². The van der Waals surface area contributed by atoms with Gasteiger partial charge in [0.2, 0.25) is 11.7 Å². The van der Waals surface area contributed by atoms with Gasteiger partial charge in [-0.25, -0.2) is 5.10 Å². The van der Waals surface area contributed by atoms with Crippen LogP contribution >= 0.6 is 0 Å². The molecule has 8 nitrogen and oxygen atoms in total. The number of nitrogens with one attached hydrogen (secondary N) is 1. The highest BCUT2D eigenvalue weighted by Crippen LogP contribution is 2.32. The molecule has 0 spiro atoms. The summed E-state index contributed by atoms with van der Waals surface area (Å²) in [6.45, 7) is 5.57.